The minimum Gasteiger partial charge on any atom is -0.476 e. The number of rotatable bonds is 3. The first kappa shape index (κ1) is 15.2. The summed E-state index contributed by atoms with van der Waals surface area (Å²) in [6.07, 6.45) is 6.90. The minimum absolute atomic E-state index is 0.0667. The van der Waals surface area contributed by atoms with Crippen LogP contribution in [0.4, 0.5) is 5.69 Å². The van der Waals surface area contributed by atoms with E-state index in [4.69, 9.17) is 9.47 Å². The van der Waals surface area contributed by atoms with Gasteiger partial charge in [-0.1, -0.05) is 0 Å². The molecule has 6 nitrogen and oxygen atoms in total. The van der Waals surface area contributed by atoms with Crippen LogP contribution in [0.1, 0.15) is 50.1 Å². The maximum absolute atomic E-state index is 10.9. The molecule has 3 rings (SSSR count). The molecule has 6 heteroatoms. The van der Waals surface area contributed by atoms with Crippen LogP contribution in [0, 0.1) is 15.5 Å². The molecule has 1 aromatic rings. The summed E-state index contributed by atoms with van der Waals surface area (Å²) in [5, 5.41) is 10.9. The van der Waals surface area contributed by atoms with E-state index in [1.807, 2.05) is 0 Å². The van der Waals surface area contributed by atoms with Crippen molar-refractivity contribution in [1.82, 2.24) is 4.98 Å². The number of hydrogen-bond donors (Lipinski definition) is 0. The Bertz CT molecular complexity index is 545. The van der Waals surface area contributed by atoms with Crippen LogP contribution in [-0.4, -0.2) is 30.2 Å². The highest BCUT2D eigenvalue weighted by molar-refractivity contribution is 5.42. The minimum atomic E-state index is -0.451. The second-order valence-corrected chi connectivity index (χ2v) is 6.41. The zero-order chi connectivity index (χ0) is 15.6. The van der Waals surface area contributed by atoms with Gasteiger partial charge in [-0.25, -0.2) is 4.98 Å². The van der Waals surface area contributed by atoms with Crippen LogP contribution >= 0.6 is 0 Å². The van der Waals surface area contributed by atoms with Gasteiger partial charge in [-0.2, -0.15) is 0 Å². The fourth-order valence-electron chi connectivity index (χ4n) is 3.79. The lowest BCUT2D eigenvalue weighted by molar-refractivity contribution is -0.386. The van der Waals surface area contributed by atoms with Crippen molar-refractivity contribution in [3.05, 3.63) is 27.9 Å². The van der Waals surface area contributed by atoms with Crippen molar-refractivity contribution in [1.29, 1.82) is 0 Å². The maximum atomic E-state index is 10.9. The molecule has 1 aliphatic heterocycles. The monoisotopic (exact) mass is 306 g/mol. The molecule has 1 aromatic heterocycles. The van der Waals surface area contributed by atoms with Crippen molar-refractivity contribution >= 4 is 5.69 Å². The van der Waals surface area contributed by atoms with Crippen LogP contribution in [0.3, 0.4) is 0 Å². The van der Waals surface area contributed by atoms with Gasteiger partial charge in [0.2, 0.25) is 0 Å². The smallest absolute Gasteiger partial charge is 0.330 e. The van der Waals surface area contributed by atoms with E-state index in [0.717, 1.165) is 44.6 Å². The van der Waals surface area contributed by atoms with Gasteiger partial charge in [-0.15, -0.1) is 0 Å². The van der Waals surface area contributed by atoms with Gasteiger partial charge in [-0.3, -0.25) is 10.1 Å². The molecule has 120 valence electrons. The topological polar surface area (TPSA) is 74.5 Å². The molecule has 0 aromatic carbocycles. The Hall–Kier alpha value is -1.69. The van der Waals surface area contributed by atoms with Gasteiger partial charge in [0.15, 0.2) is 0 Å². The molecule has 22 heavy (non-hydrogen) atoms. The largest absolute Gasteiger partial charge is 0.476 e. The van der Waals surface area contributed by atoms with Crippen LogP contribution < -0.4 is 4.74 Å². The number of ether oxygens (including phenoxy) is 2. The van der Waals surface area contributed by atoms with Gasteiger partial charge in [-0.05, 0) is 50.0 Å². The van der Waals surface area contributed by atoms with E-state index in [0.29, 0.717) is 11.3 Å². The van der Waals surface area contributed by atoms with Crippen molar-refractivity contribution in [2.24, 2.45) is 5.41 Å². The number of aromatic nitrogens is 1. The van der Waals surface area contributed by atoms with Gasteiger partial charge in [0, 0.05) is 30.9 Å². The Morgan fingerprint density at radius 3 is 2.55 bits per heavy atom. The highest BCUT2D eigenvalue weighted by Crippen LogP contribution is 2.48. The van der Waals surface area contributed by atoms with Gasteiger partial charge in [0.1, 0.15) is 0 Å². The summed E-state index contributed by atoms with van der Waals surface area (Å²) >= 11 is 0. The summed E-state index contributed by atoms with van der Waals surface area (Å²) in [7, 11) is 1.43. The molecule has 0 atom stereocenters. The van der Waals surface area contributed by atoms with Crippen molar-refractivity contribution in [3.63, 3.8) is 0 Å². The lowest BCUT2D eigenvalue weighted by Crippen LogP contribution is -2.33. The quantitative estimate of drug-likeness (QED) is 0.631. The van der Waals surface area contributed by atoms with Crippen LogP contribution in [0.25, 0.3) is 0 Å². The number of pyridine rings is 1. The molecule has 0 bridgehead atoms. The molecule has 1 spiro atoms. The van der Waals surface area contributed by atoms with E-state index in [-0.39, 0.29) is 11.6 Å². The third-order valence-corrected chi connectivity index (χ3v) is 5.27. The normalized spacial score (nSPS) is 21.7. The second kappa shape index (κ2) is 6.20. The molecule has 2 heterocycles. The van der Waals surface area contributed by atoms with Crippen LogP contribution in [0.5, 0.6) is 5.88 Å². The number of methoxy groups -OCH3 is 1. The average molecular weight is 306 g/mol. The fraction of sp³-hybridized carbons (Fsp3) is 0.688. The van der Waals surface area contributed by atoms with Crippen LogP contribution in [0.2, 0.25) is 0 Å². The van der Waals surface area contributed by atoms with Crippen molar-refractivity contribution in [2.75, 3.05) is 20.3 Å². The summed E-state index contributed by atoms with van der Waals surface area (Å²) < 4.78 is 10.6. The Balaban J connectivity index is 1.72. The number of hydrogen-bond acceptors (Lipinski definition) is 5. The average Bonchev–Trinajstić information content (AvgIpc) is 2.55. The number of nitrogens with zero attached hydrogens (tertiary/aromatic N) is 2. The van der Waals surface area contributed by atoms with Crippen molar-refractivity contribution < 1.29 is 14.4 Å². The SMILES string of the molecule is COc1nc(C2CCC3(CCOCC3)CC2)ccc1[N+](=O)[O-]. The van der Waals surface area contributed by atoms with Crippen LogP contribution in [-0.2, 0) is 4.74 Å². The maximum Gasteiger partial charge on any atom is 0.330 e. The Labute approximate surface area is 130 Å². The fourth-order valence-corrected chi connectivity index (χ4v) is 3.79. The Morgan fingerprint density at radius 1 is 1.27 bits per heavy atom. The molecular weight excluding hydrogens is 284 g/mol. The Morgan fingerprint density at radius 2 is 1.95 bits per heavy atom. The zero-order valence-electron chi connectivity index (χ0n) is 12.9. The highest BCUT2D eigenvalue weighted by atomic mass is 16.6. The summed E-state index contributed by atoms with van der Waals surface area (Å²) in [5.41, 5.74) is 1.31. The van der Waals surface area contributed by atoms with Gasteiger partial charge in [0.05, 0.1) is 12.0 Å². The second-order valence-electron chi connectivity index (χ2n) is 6.41. The third-order valence-electron chi connectivity index (χ3n) is 5.27. The van der Waals surface area contributed by atoms with Crippen molar-refractivity contribution in [2.45, 2.75) is 44.4 Å². The first-order valence-electron chi connectivity index (χ1n) is 7.91. The number of nitro groups is 1. The van der Waals surface area contributed by atoms with E-state index in [2.05, 4.69) is 4.98 Å². The lowest BCUT2D eigenvalue weighted by atomic mass is 9.66. The van der Waals surface area contributed by atoms with Gasteiger partial charge in [0.25, 0.3) is 5.88 Å². The van der Waals surface area contributed by atoms with Gasteiger partial charge < -0.3 is 9.47 Å². The summed E-state index contributed by atoms with van der Waals surface area (Å²) in [4.78, 5) is 14.9. The van der Waals surface area contributed by atoms with E-state index in [9.17, 15) is 10.1 Å². The summed E-state index contributed by atoms with van der Waals surface area (Å²) in [6, 6.07) is 3.30. The van der Waals surface area contributed by atoms with E-state index in [1.165, 1.54) is 26.0 Å². The van der Waals surface area contributed by atoms with E-state index >= 15 is 0 Å². The summed E-state index contributed by atoms with van der Waals surface area (Å²) in [6.45, 7) is 1.77. The molecule has 2 aliphatic rings. The lowest BCUT2D eigenvalue weighted by Gasteiger charge is -2.42. The molecule has 0 N–H and O–H groups in total. The molecule has 0 unspecified atom stereocenters. The molecule has 0 radical (unpaired) electrons. The summed E-state index contributed by atoms with van der Waals surface area (Å²) in [5.74, 6) is 0.497. The predicted molar refractivity (Wildman–Crippen MR) is 81.1 cm³/mol. The first-order valence-corrected chi connectivity index (χ1v) is 7.91. The Kier molecular flexibility index (Phi) is 4.29. The molecule has 0 amide bonds. The molecule has 1 saturated carbocycles. The highest BCUT2D eigenvalue weighted by Gasteiger charge is 2.37. The van der Waals surface area contributed by atoms with Crippen LogP contribution in [0.15, 0.2) is 12.1 Å². The van der Waals surface area contributed by atoms with Crippen molar-refractivity contribution in [3.8, 4) is 5.88 Å². The molecule has 1 aliphatic carbocycles. The zero-order valence-corrected chi connectivity index (χ0v) is 12.9. The van der Waals surface area contributed by atoms with Gasteiger partial charge >= 0.3 is 5.69 Å². The first-order chi connectivity index (χ1) is 10.6. The molecule has 1 saturated heterocycles. The standard InChI is InChI=1S/C16H22N2O4/c1-21-15-14(18(19)20)3-2-13(17-15)12-4-6-16(7-5-12)8-10-22-11-9-16/h2-3,12H,4-11H2,1H3. The van der Waals surface area contributed by atoms with E-state index < -0.39 is 4.92 Å². The third kappa shape index (κ3) is 2.92. The molecular formula is C16H22N2O4. The predicted octanol–water partition coefficient (Wildman–Crippen LogP) is 3.45. The van der Waals surface area contributed by atoms with E-state index in [1.54, 1.807) is 6.07 Å². The molecule has 2 fully saturated rings.